The van der Waals surface area contributed by atoms with Gasteiger partial charge in [-0.1, -0.05) is 18.2 Å². The Balaban J connectivity index is 1.79. The van der Waals surface area contributed by atoms with Crippen LogP contribution in [0.2, 0.25) is 0 Å². The number of nitrogens with one attached hydrogen (secondary N) is 2. The molecule has 0 saturated heterocycles. The van der Waals surface area contributed by atoms with Crippen molar-refractivity contribution in [1.82, 2.24) is 0 Å². The number of hydrogen-bond acceptors (Lipinski definition) is 3. The standard InChI is InChI=1S/C16H15N3O2/c17-9-10-2-1-3-13(6-10)18-16(21)12-5-4-11-8-15(20)19-14(11)7-12/h1-7H,8-9,17H2,(H,18,21)(H,19,20). The number of rotatable bonds is 3. The van der Waals surface area contributed by atoms with E-state index >= 15 is 0 Å². The number of carbonyl (C=O) groups excluding carboxylic acids is 2. The zero-order chi connectivity index (χ0) is 14.8. The number of nitrogens with two attached hydrogens (primary N) is 1. The van der Waals surface area contributed by atoms with E-state index in [2.05, 4.69) is 10.6 Å². The van der Waals surface area contributed by atoms with Crippen molar-refractivity contribution in [1.29, 1.82) is 0 Å². The fraction of sp³-hybridized carbons (Fsp3) is 0.125. The van der Waals surface area contributed by atoms with Gasteiger partial charge in [0.2, 0.25) is 5.91 Å². The molecule has 3 rings (SSSR count). The Morgan fingerprint density at radius 1 is 1.24 bits per heavy atom. The summed E-state index contributed by atoms with van der Waals surface area (Å²) in [5, 5.41) is 5.57. The normalized spacial score (nSPS) is 12.7. The molecule has 0 radical (unpaired) electrons. The van der Waals surface area contributed by atoms with Crippen LogP contribution >= 0.6 is 0 Å². The van der Waals surface area contributed by atoms with Crippen molar-refractivity contribution in [2.24, 2.45) is 5.73 Å². The highest BCUT2D eigenvalue weighted by Gasteiger charge is 2.19. The summed E-state index contributed by atoms with van der Waals surface area (Å²) in [6.07, 6.45) is 0.371. The summed E-state index contributed by atoms with van der Waals surface area (Å²) in [4.78, 5) is 23.6. The first-order valence-corrected chi connectivity index (χ1v) is 6.69. The van der Waals surface area contributed by atoms with Gasteiger partial charge in [-0.25, -0.2) is 0 Å². The van der Waals surface area contributed by atoms with Crippen molar-refractivity contribution in [3.8, 4) is 0 Å². The monoisotopic (exact) mass is 281 g/mol. The zero-order valence-electron chi connectivity index (χ0n) is 11.3. The fourth-order valence-electron chi connectivity index (χ4n) is 2.33. The van der Waals surface area contributed by atoms with Crippen molar-refractivity contribution in [2.45, 2.75) is 13.0 Å². The van der Waals surface area contributed by atoms with Crippen molar-refractivity contribution in [3.63, 3.8) is 0 Å². The number of anilines is 2. The second kappa shape index (κ2) is 5.38. The van der Waals surface area contributed by atoms with Crippen molar-refractivity contribution in [2.75, 3.05) is 10.6 Å². The largest absolute Gasteiger partial charge is 0.326 e. The Bertz CT molecular complexity index is 725. The van der Waals surface area contributed by atoms with Crippen LogP contribution in [-0.2, 0) is 17.8 Å². The molecule has 0 aromatic heterocycles. The lowest BCUT2D eigenvalue weighted by Gasteiger charge is -2.08. The molecule has 5 nitrogen and oxygen atoms in total. The topological polar surface area (TPSA) is 84.2 Å². The van der Waals surface area contributed by atoms with Gasteiger partial charge in [0.05, 0.1) is 6.42 Å². The molecule has 0 aliphatic carbocycles. The Morgan fingerprint density at radius 2 is 2.10 bits per heavy atom. The van der Waals surface area contributed by atoms with Gasteiger partial charge in [-0.2, -0.15) is 0 Å². The van der Waals surface area contributed by atoms with Crippen LogP contribution in [0.25, 0.3) is 0 Å². The Kier molecular flexibility index (Phi) is 3.41. The summed E-state index contributed by atoms with van der Waals surface area (Å²) in [6, 6.07) is 12.6. The molecule has 0 saturated carbocycles. The van der Waals surface area contributed by atoms with Crippen LogP contribution in [0.5, 0.6) is 0 Å². The third-order valence-electron chi connectivity index (χ3n) is 3.42. The zero-order valence-corrected chi connectivity index (χ0v) is 11.3. The minimum Gasteiger partial charge on any atom is -0.326 e. The molecule has 2 amide bonds. The number of hydrogen-bond donors (Lipinski definition) is 3. The van der Waals surface area contributed by atoms with Crippen LogP contribution in [0.3, 0.4) is 0 Å². The van der Waals surface area contributed by atoms with E-state index in [1.54, 1.807) is 18.2 Å². The quantitative estimate of drug-likeness (QED) is 0.803. The molecule has 106 valence electrons. The average Bonchev–Trinajstić information content (AvgIpc) is 2.86. The summed E-state index contributed by atoms with van der Waals surface area (Å²) in [6.45, 7) is 0.425. The SMILES string of the molecule is NCc1cccc(NC(=O)c2ccc3c(c2)NC(=O)C3)c1. The highest BCUT2D eigenvalue weighted by atomic mass is 16.2. The van der Waals surface area contributed by atoms with Gasteiger partial charge in [-0.3, -0.25) is 9.59 Å². The minimum atomic E-state index is -0.215. The van der Waals surface area contributed by atoms with Crippen LogP contribution in [0.1, 0.15) is 21.5 Å². The first-order chi connectivity index (χ1) is 10.2. The molecule has 1 heterocycles. The van der Waals surface area contributed by atoms with E-state index in [-0.39, 0.29) is 11.8 Å². The molecule has 1 aliphatic heterocycles. The molecule has 0 bridgehead atoms. The van der Waals surface area contributed by atoms with E-state index in [0.717, 1.165) is 11.1 Å². The first kappa shape index (κ1) is 13.3. The lowest BCUT2D eigenvalue weighted by atomic mass is 10.1. The molecule has 5 heteroatoms. The molecule has 2 aromatic rings. The van der Waals surface area contributed by atoms with Gasteiger partial charge in [0.15, 0.2) is 0 Å². The maximum Gasteiger partial charge on any atom is 0.255 e. The molecule has 0 fully saturated rings. The molecule has 2 aromatic carbocycles. The lowest BCUT2D eigenvalue weighted by Crippen LogP contribution is -2.12. The molecule has 0 spiro atoms. The second-order valence-electron chi connectivity index (χ2n) is 4.96. The molecule has 0 atom stereocenters. The van der Waals surface area contributed by atoms with E-state index in [1.807, 2.05) is 24.3 Å². The molecular formula is C16H15N3O2. The van der Waals surface area contributed by atoms with Gasteiger partial charge in [0.1, 0.15) is 0 Å². The minimum absolute atomic E-state index is 0.0433. The van der Waals surface area contributed by atoms with Gasteiger partial charge in [-0.15, -0.1) is 0 Å². The third kappa shape index (κ3) is 2.78. The molecule has 1 aliphatic rings. The summed E-state index contributed by atoms with van der Waals surface area (Å²) in [5.74, 6) is -0.258. The smallest absolute Gasteiger partial charge is 0.255 e. The number of amides is 2. The van der Waals surface area contributed by atoms with Crippen molar-refractivity contribution >= 4 is 23.2 Å². The van der Waals surface area contributed by atoms with Crippen molar-refractivity contribution < 1.29 is 9.59 Å². The Morgan fingerprint density at radius 3 is 2.90 bits per heavy atom. The van der Waals surface area contributed by atoms with E-state index < -0.39 is 0 Å². The average molecular weight is 281 g/mol. The van der Waals surface area contributed by atoms with Crippen LogP contribution in [-0.4, -0.2) is 11.8 Å². The van der Waals surface area contributed by atoms with Crippen molar-refractivity contribution in [3.05, 3.63) is 59.2 Å². The lowest BCUT2D eigenvalue weighted by molar-refractivity contribution is -0.115. The predicted molar refractivity (Wildman–Crippen MR) is 81.1 cm³/mol. The molecular weight excluding hydrogens is 266 g/mol. The van der Waals surface area contributed by atoms with Crippen LogP contribution in [0.15, 0.2) is 42.5 Å². The summed E-state index contributed by atoms with van der Waals surface area (Å²) < 4.78 is 0. The van der Waals surface area contributed by atoms with E-state index in [4.69, 9.17) is 5.73 Å². The molecule has 0 unspecified atom stereocenters. The summed E-state index contributed by atoms with van der Waals surface area (Å²) in [5.41, 5.74) is 9.37. The number of carbonyl (C=O) groups is 2. The Hall–Kier alpha value is -2.66. The van der Waals surface area contributed by atoms with Gasteiger partial charge < -0.3 is 16.4 Å². The van der Waals surface area contributed by atoms with Crippen LogP contribution < -0.4 is 16.4 Å². The predicted octanol–water partition coefficient (Wildman–Crippen LogP) is 1.89. The van der Waals surface area contributed by atoms with Gasteiger partial charge in [0, 0.05) is 23.5 Å². The maximum absolute atomic E-state index is 12.2. The van der Waals surface area contributed by atoms with Crippen LogP contribution in [0.4, 0.5) is 11.4 Å². The summed E-state index contributed by atoms with van der Waals surface area (Å²) in [7, 11) is 0. The van der Waals surface area contributed by atoms with Gasteiger partial charge in [-0.05, 0) is 35.4 Å². The second-order valence-corrected chi connectivity index (χ2v) is 4.96. The molecule has 4 N–H and O–H groups in total. The highest BCUT2D eigenvalue weighted by Crippen LogP contribution is 2.24. The Labute approximate surface area is 122 Å². The van der Waals surface area contributed by atoms with E-state index in [0.29, 0.717) is 29.9 Å². The first-order valence-electron chi connectivity index (χ1n) is 6.69. The van der Waals surface area contributed by atoms with Gasteiger partial charge in [0.25, 0.3) is 5.91 Å². The van der Waals surface area contributed by atoms with Gasteiger partial charge >= 0.3 is 0 Å². The maximum atomic E-state index is 12.2. The third-order valence-corrected chi connectivity index (χ3v) is 3.42. The van der Waals surface area contributed by atoms with E-state index in [1.165, 1.54) is 0 Å². The number of fused-ring (bicyclic) bond motifs is 1. The summed E-state index contributed by atoms with van der Waals surface area (Å²) >= 11 is 0. The van der Waals surface area contributed by atoms with E-state index in [9.17, 15) is 9.59 Å². The highest BCUT2D eigenvalue weighted by molar-refractivity contribution is 6.07. The molecule has 21 heavy (non-hydrogen) atoms. The fourth-order valence-corrected chi connectivity index (χ4v) is 2.33. The number of benzene rings is 2. The van der Waals surface area contributed by atoms with Crippen LogP contribution in [0, 0.1) is 0 Å².